The summed E-state index contributed by atoms with van der Waals surface area (Å²) < 4.78 is 4.93. The fourth-order valence-electron chi connectivity index (χ4n) is 2.25. The molecule has 0 bridgehead atoms. The standard InChI is InChI=1S/C20H23NO3S/c1-4-24-20(23)16-7-9-17(10-8-16)21-19(22)13-15-5-11-18(12-6-15)25-14(2)3/h5-12,14H,4,13H2,1-3H3,(H,21,22). The lowest BCUT2D eigenvalue weighted by Gasteiger charge is -2.08. The minimum Gasteiger partial charge on any atom is -0.462 e. The van der Waals surface area contributed by atoms with Crippen LogP contribution in [0.3, 0.4) is 0 Å². The topological polar surface area (TPSA) is 55.4 Å². The number of ether oxygens (including phenoxy) is 1. The van der Waals surface area contributed by atoms with Crippen molar-refractivity contribution in [2.45, 2.75) is 37.3 Å². The first kappa shape index (κ1) is 19.1. The first-order valence-electron chi connectivity index (χ1n) is 8.30. The van der Waals surface area contributed by atoms with Crippen LogP contribution >= 0.6 is 11.8 Å². The molecule has 1 amide bonds. The second kappa shape index (κ2) is 9.28. The van der Waals surface area contributed by atoms with E-state index in [2.05, 4.69) is 19.2 Å². The minimum absolute atomic E-state index is 0.0897. The Labute approximate surface area is 153 Å². The van der Waals surface area contributed by atoms with Crippen LogP contribution in [0.25, 0.3) is 0 Å². The van der Waals surface area contributed by atoms with Gasteiger partial charge >= 0.3 is 5.97 Å². The summed E-state index contributed by atoms with van der Waals surface area (Å²) >= 11 is 1.80. The van der Waals surface area contributed by atoms with Crippen molar-refractivity contribution in [2.75, 3.05) is 11.9 Å². The van der Waals surface area contributed by atoms with Crippen molar-refractivity contribution in [2.24, 2.45) is 0 Å². The monoisotopic (exact) mass is 357 g/mol. The van der Waals surface area contributed by atoms with Crippen molar-refractivity contribution >= 4 is 29.3 Å². The minimum atomic E-state index is -0.361. The van der Waals surface area contributed by atoms with E-state index in [1.165, 1.54) is 4.90 Å². The Kier molecular flexibility index (Phi) is 7.07. The lowest BCUT2D eigenvalue weighted by atomic mass is 10.1. The first-order chi connectivity index (χ1) is 12.0. The molecule has 0 aliphatic heterocycles. The Hall–Kier alpha value is -2.27. The highest BCUT2D eigenvalue weighted by Crippen LogP contribution is 2.23. The molecule has 2 aromatic rings. The molecule has 0 heterocycles. The summed E-state index contributed by atoms with van der Waals surface area (Å²) in [5, 5.41) is 3.37. The largest absolute Gasteiger partial charge is 0.462 e. The van der Waals surface area contributed by atoms with Gasteiger partial charge in [-0.15, -0.1) is 11.8 Å². The normalized spacial score (nSPS) is 10.6. The molecule has 2 rings (SSSR count). The highest BCUT2D eigenvalue weighted by atomic mass is 32.2. The van der Waals surface area contributed by atoms with Crippen molar-refractivity contribution in [3.05, 3.63) is 59.7 Å². The van der Waals surface area contributed by atoms with Crippen LogP contribution in [0.4, 0.5) is 5.69 Å². The molecule has 132 valence electrons. The van der Waals surface area contributed by atoms with E-state index >= 15 is 0 Å². The van der Waals surface area contributed by atoms with Crippen LogP contribution in [0, 0.1) is 0 Å². The van der Waals surface area contributed by atoms with Gasteiger partial charge in [0.2, 0.25) is 5.91 Å². The molecule has 1 N–H and O–H groups in total. The predicted molar refractivity (Wildman–Crippen MR) is 102 cm³/mol. The molecule has 0 radical (unpaired) electrons. The zero-order valence-corrected chi connectivity index (χ0v) is 15.6. The van der Waals surface area contributed by atoms with Gasteiger partial charge in [-0.1, -0.05) is 26.0 Å². The van der Waals surface area contributed by atoms with Crippen LogP contribution in [-0.2, 0) is 16.0 Å². The first-order valence-corrected chi connectivity index (χ1v) is 9.18. The summed E-state index contributed by atoms with van der Waals surface area (Å²) in [5.41, 5.74) is 2.09. The molecule has 0 atom stereocenters. The molecule has 2 aromatic carbocycles. The molecule has 0 saturated carbocycles. The van der Waals surface area contributed by atoms with Crippen LogP contribution in [0.15, 0.2) is 53.4 Å². The van der Waals surface area contributed by atoms with Gasteiger partial charge in [0.25, 0.3) is 0 Å². The summed E-state index contributed by atoms with van der Waals surface area (Å²) in [4.78, 5) is 25.0. The Morgan fingerprint density at radius 1 is 1.04 bits per heavy atom. The highest BCUT2D eigenvalue weighted by Gasteiger charge is 2.08. The summed E-state index contributed by atoms with van der Waals surface area (Å²) in [6.07, 6.45) is 0.312. The SMILES string of the molecule is CCOC(=O)c1ccc(NC(=O)Cc2ccc(SC(C)C)cc2)cc1. The molecular formula is C20H23NO3S. The predicted octanol–water partition coefficient (Wildman–Crippen LogP) is 4.55. The van der Waals surface area contributed by atoms with Gasteiger partial charge in [0.1, 0.15) is 0 Å². The van der Waals surface area contributed by atoms with Crippen LogP contribution in [0.1, 0.15) is 36.7 Å². The summed E-state index contributed by atoms with van der Waals surface area (Å²) in [6, 6.07) is 14.7. The third-order valence-corrected chi connectivity index (χ3v) is 4.36. The highest BCUT2D eigenvalue weighted by molar-refractivity contribution is 7.99. The third kappa shape index (κ3) is 6.27. The van der Waals surface area contributed by atoms with E-state index in [0.29, 0.717) is 29.5 Å². The van der Waals surface area contributed by atoms with E-state index in [1.54, 1.807) is 43.0 Å². The molecule has 0 unspecified atom stereocenters. The zero-order valence-electron chi connectivity index (χ0n) is 14.7. The molecule has 0 aliphatic rings. The number of rotatable bonds is 7. The lowest BCUT2D eigenvalue weighted by Crippen LogP contribution is -2.14. The number of anilines is 1. The van der Waals surface area contributed by atoms with Gasteiger partial charge in [0.15, 0.2) is 0 Å². The maximum absolute atomic E-state index is 12.2. The van der Waals surface area contributed by atoms with Crippen molar-refractivity contribution in [3.8, 4) is 0 Å². The summed E-state index contributed by atoms with van der Waals surface area (Å²) in [5.74, 6) is -0.451. The Morgan fingerprint density at radius 2 is 1.68 bits per heavy atom. The Bertz CT molecular complexity index is 709. The molecule has 0 aromatic heterocycles. The average molecular weight is 357 g/mol. The number of amides is 1. The van der Waals surface area contributed by atoms with Crippen molar-refractivity contribution in [1.29, 1.82) is 0 Å². The van der Waals surface area contributed by atoms with Crippen molar-refractivity contribution < 1.29 is 14.3 Å². The van der Waals surface area contributed by atoms with E-state index in [1.807, 2.05) is 24.3 Å². The lowest BCUT2D eigenvalue weighted by molar-refractivity contribution is -0.115. The van der Waals surface area contributed by atoms with Crippen LogP contribution in [0.5, 0.6) is 0 Å². The smallest absolute Gasteiger partial charge is 0.338 e. The van der Waals surface area contributed by atoms with Crippen molar-refractivity contribution in [1.82, 2.24) is 0 Å². The number of esters is 1. The van der Waals surface area contributed by atoms with Crippen LogP contribution < -0.4 is 5.32 Å². The molecule has 25 heavy (non-hydrogen) atoms. The molecule has 5 heteroatoms. The number of hydrogen-bond donors (Lipinski definition) is 1. The number of hydrogen-bond acceptors (Lipinski definition) is 4. The zero-order chi connectivity index (χ0) is 18.2. The van der Waals surface area contributed by atoms with E-state index in [9.17, 15) is 9.59 Å². The van der Waals surface area contributed by atoms with Crippen LogP contribution in [-0.4, -0.2) is 23.7 Å². The second-order valence-electron chi connectivity index (χ2n) is 5.83. The second-order valence-corrected chi connectivity index (χ2v) is 7.48. The third-order valence-electron chi connectivity index (χ3n) is 3.34. The van der Waals surface area contributed by atoms with Gasteiger partial charge in [-0.25, -0.2) is 4.79 Å². The fourth-order valence-corrected chi connectivity index (χ4v) is 3.09. The number of thioether (sulfide) groups is 1. The molecule has 4 nitrogen and oxygen atoms in total. The molecule has 0 spiro atoms. The fraction of sp³-hybridized carbons (Fsp3) is 0.300. The molecule has 0 aliphatic carbocycles. The maximum atomic E-state index is 12.2. The Morgan fingerprint density at radius 3 is 2.24 bits per heavy atom. The van der Waals surface area contributed by atoms with Gasteiger partial charge in [-0.05, 0) is 48.9 Å². The quantitative estimate of drug-likeness (QED) is 0.584. The van der Waals surface area contributed by atoms with Gasteiger partial charge in [0, 0.05) is 15.8 Å². The van der Waals surface area contributed by atoms with E-state index in [-0.39, 0.29) is 11.9 Å². The van der Waals surface area contributed by atoms with E-state index in [4.69, 9.17) is 4.74 Å². The molecule has 0 saturated heterocycles. The number of nitrogens with one attached hydrogen (secondary N) is 1. The Balaban J connectivity index is 1.90. The van der Waals surface area contributed by atoms with Gasteiger partial charge in [-0.2, -0.15) is 0 Å². The molecular weight excluding hydrogens is 334 g/mol. The summed E-state index contributed by atoms with van der Waals surface area (Å²) in [7, 11) is 0. The van der Waals surface area contributed by atoms with E-state index in [0.717, 1.165) is 5.56 Å². The number of carbonyl (C=O) groups is 2. The van der Waals surface area contributed by atoms with Gasteiger partial charge in [-0.3, -0.25) is 4.79 Å². The average Bonchev–Trinajstić information content (AvgIpc) is 2.57. The maximum Gasteiger partial charge on any atom is 0.338 e. The summed E-state index contributed by atoms with van der Waals surface area (Å²) in [6.45, 7) is 6.41. The van der Waals surface area contributed by atoms with Gasteiger partial charge < -0.3 is 10.1 Å². The number of benzene rings is 2. The van der Waals surface area contributed by atoms with Crippen molar-refractivity contribution in [3.63, 3.8) is 0 Å². The van der Waals surface area contributed by atoms with Gasteiger partial charge in [0.05, 0.1) is 18.6 Å². The van der Waals surface area contributed by atoms with E-state index < -0.39 is 0 Å². The van der Waals surface area contributed by atoms with Crippen LogP contribution in [0.2, 0.25) is 0 Å². The number of carbonyl (C=O) groups excluding carboxylic acids is 2. The molecule has 0 fully saturated rings.